The molecule has 2 N–H and O–H groups in total. The molecule has 2 atom stereocenters. The Balaban J connectivity index is 1.45. The van der Waals surface area contributed by atoms with Crippen molar-refractivity contribution in [3.05, 3.63) is 71.5 Å². The van der Waals surface area contributed by atoms with Crippen molar-refractivity contribution >= 4 is 17.7 Å². The van der Waals surface area contributed by atoms with Crippen LogP contribution in [-0.2, 0) is 16.1 Å². The Bertz CT molecular complexity index is 1390. The summed E-state index contributed by atoms with van der Waals surface area (Å²) < 4.78 is 18.4. The summed E-state index contributed by atoms with van der Waals surface area (Å²) in [7, 11) is 0. The van der Waals surface area contributed by atoms with Crippen molar-refractivity contribution in [2.75, 3.05) is 26.2 Å². The van der Waals surface area contributed by atoms with Crippen LogP contribution in [0, 0.1) is 0 Å². The summed E-state index contributed by atoms with van der Waals surface area (Å²) >= 11 is 0. The molecule has 3 heterocycles. The SMILES string of the molecule is CCN1CC(=O)N[C@H]2CN(C(=O)c3cn[nH]c3)CC[C@@H]2OCc2cccc(c2)Oc2cc(OC(C)C)cc(c2)C1=O. The summed E-state index contributed by atoms with van der Waals surface area (Å²) in [5.74, 6) is 0.706. The molecule has 0 aliphatic carbocycles. The van der Waals surface area contributed by atoms with E-state index in [1.165, 1.54) is 11.1 Å². The zero-order valence-corrected chi connectivity index (χ0v) is 23.5. The third-order valence-corrected chi connectivity index (χ3v) is 7.03. The number of carbonyl (C=O) groups is 3. The van der Waals surface area contributed by atoms with E-state index >= 15 is 0 Å². The highest BCUT2D eigenvalue weighted by atomic mass is 16.5. The van der Waals surface area contributed by atoms with Gasteiger partial charge in [0.25, 0.3) is 11.8 Å². The highest BCUT2D eigenvalue weighted by Gasteiger charge is 2.34. The number of fused-ring (bicyclic) bond motifs is 5. The molecule has 2 aromatic carbocycles. The second-order valence-electron chi connectivity index (χ2n) is 10.5. The zero-order valence-electron chi connectivity index (χ0n) is 23.5. The number of hydrogen-bond acceptors (Lipinski definition) is 7. The Labute approximate surface area is 238 Å². The molecule has 11 heteroatoms. The van der Waals surface area contributed by atoms with E-state index in [9.17, 15) is 14.4 Å². The van der Waals surface area contributed by atoms with Gasteiger partial charge in [0.2, 0.25) is 5.91 Å². The van der Waals surface area contributed by atoms with Gasteiger partial charge in [-0.05, 0) is 57.0 Å². The van der Waals surface area contributed by atoms with E-state index in [0.29, 0.717) is 54.5 Å². The largest absolute Gasteiger partial charge is 0.491 e. The Morgan fingerprint density at radius 3 is 2.78 bits per heavy atom. The molecule has 1 aromatic heterocycles. The lowest BCUT2D eigenvalue weighted by molar-refractivity contribution is -0.124. The molecular formula is C30H35N5O6. The molecule has 11 nitrogen and oxygen atoms in total. The standard InChI is InChI=1S/C30H35N5O6/c1-4-34-17-28(36)33-26-16-35(30(38)22-14-31-32-15-22)9-8-27(26)39-18-20-6-5-7-23(10-20)41-25-12-21(29(34)37)11-24(13-25)40-19(2)3/h5-7,10-15,19,26-27H,4,8-9,16-18H2,1-3H3,(H,31,32)(H,33,36)/t26-,27-/m0/s1. The van der Waals surface area contributed by atoms with Crippen LogP contribution in [0.3, 0.4) is 0 Å². The Morgan fingerprint density at radius 1 is 1.17 bits per heavy atom. The van der Waals surface area contributed by atoms with Crippen LogP contribution >= 0.6 is 0 Å². The van der Waals surface area contributed by atoms with Gasteiger partial charge in [0, 0.05) is 37.5 Å². The third-order valence-electron chi connectivity index (χ3n) is 7.03. The summed E-state index contributed by atoms with van der Waals surface area (Å²) in [6, 6.07) is 12.1. The van der Waals surface area contributed by atoms with Crippen molar-refractivity contribution < 1.29 is 28.6 Å². The number of piperidine rings is 1. The minimum Gasteiger partial charge on any atom is -0.491 e. The summed E-state index contributed by atoms with van der Waals surface area (Å²) in [6.07, 6.45) is 3.12. The van der Waals surface area contributed by atoms with Gasteiger partial charge in [0.15, 0.2) is 0 Å². The fourth-order valence-electron chi connectivity index (χ4n) is 5.07. The van der Waals surface area contributed by atoms with Gasteiger partial charge in [-0.2, -0.15) is 5.10 Å². The van der Waals surface area contributed by atoms with Gasteiger partial charge < -0.3 is 29.3 Å². The smallest absolute Gasteiger partial charge is 0.257 e. The number of nitrogens with one attached hydrogen (secondary N) is 2. The molecule has 1 fully saturated rings. The molecule has 216 valence electrons. The number of benzene rings is 2. The lowest BCUT2D eigenvalue weighted by atomic mass is 10.0. The van der Waals surface area contributed by atoms with Crippen LogP contribution in [0.2, 0.25) is 0 Å². The molecule has 0 saturated carbocycles. The molecule has 4 bridgehead atoms. The predicted octanol–water partition coefficient (Wildman–Crippen LogP) is 3.38. The molecular weight excluding hydrogens is 526 g/mol. The summed E-state index contributed by atoms with van der Waals surface area (Å²) in [4.78, 5) is 43.1. The highest BCUT2D eigenvalue weighted by Crippen LogP contribution is 2.30. The van der Waals surface area contributed by atoms with Gasteiger partial charge in [-0.3, -0.25) is 19.5 Å². The molecule has 2 aliphatic heterocycles. The van der Waals surface area contributed by atoms with Gasteiger partial charge in [-0.25, -0.2) is 0 Å². The van der Waals surface area contributed by atoms with Gasteiger partial charge in [0.1, 0.15) is 17.2 Å². The fourth-order valence-corrected chi connectivity index (χ4v) is 5.07. The van der Waals surface area contributed by atoms with Crippen LogP contribution in [0.25, 0.3) is 0 Å². The Hall–Kier alpha value is -4.38. The maximum atomic E-state index is 13.6. The number of carbonyl (C=O) groups excluding carboxylic acids is 3. The quantitative estimate of drug-likeness (QED) is 0.500. The first kappa shape index (κ1) is 28.2. The van der Waals surface area contributed by atoms with E-state index in [0.717, 1.165) is 5.56 Å². The number of aromatic nitrogens is 2. The number of H-pyrrole nitrogens is 1. The van der Waals surface area contributed by atoms with Crippen molar-refractivity contribution in [1.29, 1.82) is 0 Å². The van der Waals surface area contributed by atoms with Crippen LogP contribution in [0.5, 0.6) is 17.2 Å². The second kappa shape index (κ2) is 12.4. The molecule has 0 unspecified atom stereocenters. The number of amides is 3. The van der Waals surface area contributed by atoms with Crippen LogP contribution in [0.4, 0.5) is 0 Å². The molecule has 0 radical (unpaired) electrons. The first-order valence-electron chi connectivity index (χ1n) is 13.9. The number of nitrogens with zero attached hydrogens (tertiary/aromatic N) is 3. The minimum absolute atomic E-state index is 0.108. The Morgan fingerprint density at radius 2 is 2.02 bits per heavy atom. The first-order chi connectivity index (χ1) is 19.8. The lowest BCUT2D eigenvalue weighted by Gasteiger charge is -2.39. The third kappa shape index (κ3) is 6.86. The second-order valence-corrected chi connectivity index (χ2v) is 10.5. The molecule has 41 heavy (non-hydrogen) atoms. The number of hydrogen-bond donors (Lipinski definition) is 2. The highest BCUT2D eigenvalue weighted by molar-refractivity contribution is 5.97. The number of likely N-dealkylation sites (N-methyl/N-ethyl adjacent to an activating group) is 1. The van der Waals surface area contributed by atoms with Crippen molar-refractivity contribution in [3.8, 4) is 17.2 Å². The van der Waals surface area contributed by atoms with Crippen LogP contribution in [0.15, 0.2) is 54.9 Å². The molecule has 3 amide bonds. The number of likely N-dealkylation sites (tertiary alicyclic amines) is 1. The van der Waals surface area contributed by atoms with E-state index < -0.39 is 6.04 Å². The molecule has 1 saturated heterocycles. The van der Waals surface area contributed by atoms with Crippen LogP contribution in [0.1, 0.15) is 53.5 Å². The van der Waals surface area contributed by atoms with Crippen LogP contribution < -0.4 is 14.8 Å². The maximum Gasteiger partial charge on any atom is 0.257 e. The predicted molar refractivity (Wildman–Crippen MR) is 150 cm³/mol. The van der Waals surface area contributed by atoms with E-state index in [1.54, 1.807) is 29.3 Å². The van der Waals surface area contributed by atoms with Crippen molar-refractivity contribution in [1.82, 2.24) is 25.3 Å². The fraction of sp³-hybridized carbons (Fsp3) is 0.400. The molecule has 2 aliphatic rings. The average Bonchev–Trinajstić information content (AvgIpc) is 3.49. The average molecular weight is 562 g/mol. The first-order valence-corrected chi connectivity index (χ1v) is 13.9. The monoisotopic (exact) mass is 561 g/mol. The van der Waals surface area contributed by atoms with Crippen molar-refractivity contribution in [2.24, 2.45) is 0 Å². The minimum atomic E-state index is -0.470. The van der Waals surface area contributed by atoms with Crippen molar-refractivity contribution in [3.63, 3.8) is 0 Å². The maximum absolute atomic E-state index is 13.6. The van der Waals surface area contributed by atoms with Gasteiger partial charge in [-0.15, -0.1) is 0 Å². The molecule has 3 aromatic rings. The van der Waals surface area contributed by atoms with E-state index in [2.05, 4.69) is 15.5 Å². The van der Waals surface area contributed by atoms with Gasteiger partial charge in [-0.1, -0.05) is 12.1 Å². The summed E-state index contributed by atoms with van der Waals surface area (Å²) in [5.41, 5.74) is 1.69. The number of rotatable bonds is 4. The van der Waals surface area contributed by atoms with E-state index in [1.807, 2.05) is 45.0 Å². The molecule has 5 rings (SSSR count). The molecule has 0 spiro atoms. The Kier molecular flexibility index (Phi) is 8.53. The van der Waals surface area contributed by atoms with Crippen molar-refractivity contribution in [2.45, 2.75) is 52.0 Å². The summed E-state index contributed by atoms with van der Waals surface area (Å²) in [5, 5.41) is 9.58. The topological polar surface area (TPSA) is 126 Å². The lowest BCUT2D eigenvalue weighted by Crippen LogP contribution is -2.58. The van der Waals surface area contributed by atoms with Gasteiger partial charge in [0.05, 0.1) is 43.2 Å². The summed E-state index contributed by atoms with van der Waals surface area (Å²) in [6.45, 7) is 6.82. The van der Waals surface area contributed by atoms with E-state index in [4.69, 9.17) is 14.2 Å². The van der Waals surface area contributed by atoms with Gasteiger partial charge >= 0.3 is 0 Å². The zero-order chi connectivity index (χ0) is 28.9. The van der Waals surface area contributed by atoms with E-state index in [-0.39, 0.29) is 43.0 Å². The number of aromatic amines is 1. The number of ether oxygens (including phenoxy) is 3. The van der Waals surface area contributed by atoms with Crippen LogP contribution in [-0.4, -0.2) is 82.1 Å². The normalized spacial score (nSPS) is 19.8.